The van der Waals surface area contributed by atoms with Gasteiger partial charge in [0.2, 0.25) is 0 Å². The van der Waals surface area contributed by atoms with E-state index in [4.69, 9.17) is 13.8 Å². The first kappa shape index (κ1) is 25.3. The fourth-order valence-electron chi connectivity index (χ4n) is 2.67. The molecule has 172 valence electrons. The first-order valence-corrected chi connectivity index (χ1v) is 11.1. The van der Waals surface area contributed by atoms with Gasteiger partial charge in [0.05, 0.1) is 18.1 Å². The molecule has 0 saturated carbocycles. The molecule has 2 rings (SSSR count). The summed E-state index contributed by atoms with van der Waals surface area (Å²) in [5.74, 6) is -0.634. The molecule has 11 heteroatoms. The molecule has 0 atom stereocenters. The third-order valence-corrected chi connectivity index (χ3v) is 6.37. The maximum Gasteiger partial charge on any atom is 0.404 e. The zero-order valence-electron chi connectivity index (χ0n) is 17.6. The first-order valence-electron chi connectivity index (χ1n) is 9.56. The van der Waals surface area contributed by atoms with E-state index in [1.807, 2.05) is 0 Å². The molecule has 0 amide bonds. The standard InChI is InChI=1S/C21H22F2NO7P/c1-4-29-32(28,30-5-2)21(22,23)17-8-6-16(7-9-17)15(3)14-20(25)31-19-12-10-18(11-13-19)24(26)27/h6-14H,4-5H2,1-3H3/b15-14+. The summed E-state index contributed by atoms with van der Waals surface area (Å²) in [6.07, 6.45) is 1.15. The highest BCUT2D eigenvalue weighted by atomic mass is 31.2. The lowest BCUT2D eigenvalue weighted by molar-refractivity contribution is -0.384. The van der Waals surface area contributed by atoms with Gasteiger partial charge < -0.3 is 13.8 Å². The molecule has 0 spiro atoms. The highest BCUT2D eigenvalue weighted by molar-refractivity contribution is 7.54. The molecule has 0 aliphatic heterocycles. The Balaban J connectivity index is 2.17. The monoisotopic (exact) mass is 469 g/mol. The van der Waals surface area contributed by atoms with Crippen molar-refractivity contribution in [1.29, 1.82) is 0 Å². The van der Waals surface area contributed by atoms with Gasteiger partial charge >= 0.3 is 19.2 Å². The van der Waals surface area contributed by atoms with Crippen LogP contribution in [0.5, 0.6) is 5.75 Å². The van der Waals surface area contributed by atoms with Crippen molar-refractivity contribution in [2.45, 2.75) is 26.4 Å². The van der Waals surface area contributed by atoms with Gasteiger partial charge in [-0.1, -0.05) is 24.3 Å². The number of nitro groups is 1. The second-order valence-corrected chi connectivity index (χ2v) is 8.52. The van der Waals surface area contributed by atoms with Crippen LogP contribution in [0.1, 0.15) is 31.9 Å². The second kappa shape index (κ2) is 10.6. The average molecular weight is 469 g/mol. The normalized spacial score (nSPS) is 12.5. The highest BCUT2D eigenvalue weighted by Gasteiger charge is 2.54. The Morgan fingerprint density at radius 2 is 1.59 bits per heavy atom. The fourth-order valence-corrected chi connectivity index (χ4v) is 4.22. The molecule has 0 heterocycles. The van der Waals surface area contributed by atoms with E-state index < -0.39 is 29.7 Å². The summed E-state index contributed by atoms with van der Waals surface area (Å²) < 4.78 is 56.8. The molecule has 0 bridgehead atoms. The number of carbonyl (C=O) groups excluding carboxylic acids is 1. The Bertz CT molecular complexity index is 1030. The largest absolute Gasteiger partial charge is 0.423 e. The Kier molecular flexibility index (Phi) is 8.38. The van der Waals surface area contributed by atoms with E-state index in [0.29, 0.717) is 11.1 Å². The number of esters is 1. The predicted molar refractivity (Wildman–Crippen MR) is 114 cm³/mol. The fraction of sp³-hybridized carbons (Fsp3) is 0.286. The van der Waals surface area contributed by atoms with Crippen molar-refractivity contribution in [1.82, 2.24) is 0 Å². The number of nitro benzene ring substituents is 1. The Labute approximate surface area is 183 Å². The molecule has 0 aliphatic rings. The summed E-state index contributed by atoms with van der Waals surface area (Å²) in [5.41, 5.74) is -3.68. The zero-order chi connectivity index (χ0) is 23.9. The van der Waals surface area contributed by atoms with Gasteiger partial charge in [0.15, 0.2) is 0 Å². The van der Waals surface area contributed by atoms with E-state index >= 15 is 0 Å². The van der Waals surface area contributed by atoms with Crippen LogP contribution in [-0.4, -0.2) is 24.1 Å². The molecule has 0 unspecified atom stereocenters. The topological polar surface area (TPSA) is 105 Å². The number of nitrogens with zero attached hydrogens (tertiary/aromatic N) is 1. The van der Waals surface area contributed by atoms with Crippen LogP contribution in [0.25, 0.3) is 5.57 Å². The number of rotatable bonds is 10. The molecule has 32 heavy (non-hydrogen) atoms. The molecule has 0 aliphatic carbocycles. The smallest absolute Gasteiger partial charge is 0.404 e. The summed E-state index contributed by atoms with van der Waals surface area (Å²) in [6, 6.07) is 9.81. The van der Waals surface area contributed by atoms with Crippen molar-refractivity contribution in [3.05, 3.63) is 75.8 Å². The zero-order valence-corrected chi connectivity index (χ0v) is 18.5. The number of non-ortho nitro benzene ring substituents is 1. The molecule has 8 nitrogen and oxygen atoms in total. The van der Waals surface area contributed by atoms with Crippen LogP contribution in [-0.2, 0) is 24.1 Å². The maximum absolute atomic E-state index is 14.8. The van der Waals surface area contributed by atoms with Crippen molar-refractivity contribution < 1.29 is 36.8 Å². The Hall–Kier alpha value is -2.94. The summed E-state index contributed by atoms with van der Waals surface area (Å²) >= 11 is 0. The molecular weight excluding hydrogens is 447 g/mol. The van der Waals surface area contributed by atoms with Gasteiger partial charge in [-0.15, -0.1) is 0 Å². The van der Waals surface area contributed by atoms with Crippen LogP contribution in [0.2, 0.25) is 0 Å². The van der Waals surface area contributed by atoms with Crippen LogP contribution in [0.15, 0.2) is 54.6 Å². The number of alkyl halides is 2. The third-order valence-electron chi connectivity index (χ3n) is 4.23. The molecule has 2 aromatic carbocycles. The number of carbonyl (C=O) groups is 1. The van der Waals surface area contributed by atoms with Gasteiger partial charge in [-0.3, -0.25) is 14.7 Å². The number of halogens is 2. The summed E-state index contributed by atoms with van der Waals surface area (Å²) in [7, 11) is -4.72. The van der Waals surface area contributed by atoms with Crippen molar-refractivity contribution in [2.24, 2.45) is 0 Å². The number of ether oxygens (including phenoxy) is 1. The van der Waals surface area contributed by atoms with Gasteiger partial charge in [-0.2, -0.15) is 8.78 Å². The minimum atomic E-state index is -4.72. The second-order valence-electron chi connectivity index (χ2n) is 6.45. The minimum absolute atomic E-state index is 0.113. The SMILES string of the molecule is CCOP(=O)(OCC)C(F)(F)c1ccc(/C(C)=C/C(=O)Oc2ccc([N+](=O)[O-])cc2)cc1. The molecule has 0 fully saturated rings. The summed E-state index contributed by atoms with van der Waals surface area (Å²) in [4.78, 5) is 22.2. The van der Waals surface area contributed by atoms with Crippen LogP contribution in [0.3, 0.4) is 0 Å². The van der Waals surface area contributed by atoms with Gasteiger partial charge in [0.25, 0.3) is 5.69 Å². The molecule has 0 aromatic heterocycles. The van der Waals surface area contributed by atoms with Crippen molar-refractivity contribution in [3.63, 3.8) is 0 Å². The van der Waals surface area contributed by atoms with Crippen molar-refractivity contribution in [3.8, 4) is 5.75 Å². The molecule has 0 radical (unpaired) electrons. The first-order chi connectivity index (χ1) is 15.0. The number of hydrogen-bond acceptors (Lipinski definition) is 7. The summed E-state index contributed by atoms with van der Waals surface area (Å²) in [6.45, 7) is 4.05. The van der Waals surface area contributed by atoms with E-state index in [1.54, 1.807) is 6.92 Å². The van der Waals surface area contributed by atoms with Crippen LogP contribution >= 0.6 is 7.60 Å². The van der Waals surface area contributed by atoms with Crippen LogP contribution in [0, 0.1) is 10.1 Å². The molecule has 0 N–H and O–H groups in total. The lowest BCUT2D eigenvalue weighted by Crippen LogP contribution is -2.18. The van der Waals surface area contributed by atoms with Gasteiger partial charge in [-0.25, -0.2) is 4.79 Å². The quantitative estimate of drug-likeness (QED) is 0.106. The molecule has 2 aromatic rings. The van der Waals surface area contributed by atoms with E-state index in [1.165, 1.54) is 50.2 Å². The number of benzene rings is 2. The highest BCUT2D eigenvalue weighted by Crippen LogP contribution is 2.66. The number of hydrogen-bond donors (Lipinski definition) is 0. The molecule has 0 saturated heterocycles. The van der Waals surface area contributed by atoms with Crippen LogP contribution in [0.4, 0.5) is 14.5 Å². The Morgan fingerprint density at radius 3 is 2.06 bits per heavy atom. The van der Waals surface area contributed by atoms with Crippen LogP contribution < -0.4 is 4.74 Å². The lowest BCUT2D eigenvalue weighted by atomic mass is 10.1. The maximum atomic E-state index is 14.8. The van der Waals surface area contributed by atoms with E-state index in [2.05, 4.69) is 0 Å². The molecular formula is C21H22F2NO7P. The number of allylic oxidation sites excluding steroid dienone is 1. The third kappa shape index (κ3) is 5.85. The Morgan fingerprint density at radius 1 is 1.06 bits per heavy atom. The predicted octanol–water partition coefficient (Wildman–Crippen LogP) is 5.92. The lowest BCUT2D eigenvalue weighted by Gasteiger charge is -2.26. The average Bonchev–Trinajstić information content (AvgIpc) is 2.74. The van der Waals surface area contributed by atoms with E-state index in [-0.39, 0.29) is 24.7 Å². The summed E-state index contributed by atoms with van der Waals surface area (Å²) in [5, 5.41) is 10.7. The van der Waals surface area contributed by atoms with Gasteiger partial charge in [0, 0.05) is 23.8 Å². The van der Waals surface area contributed by atoms with Crippen molar-refractivity contribution >= 4 is 24.8 Å². The van der Waals surface area contributed by atoms with E-state index in [9.17, 15) is 28.3 Å². The van der Waals surface area contributed by atoms with Gasteiger partial charge in [0.1, 0.15) is 5.75 Å². The minimum Gasteiger partial charge on any atom is -0.423 e. The van der Waals surface area contributed by atoms with Crippen molar-refractivity contribution in [2.75, 3.05) is 13.2 Å². The van der Waals surface area contributed by atoms with E-state index in [0.717, 1.165) is 18.2 Å². The van der Waals surface area contributed by atoms with Gasteiger partial charge in [-0.05, 0) is 44.0 Å².